The van der Waals surface area contributed by atoms with Crippen LogP contribution >= 0.6 is 0 Å². The van der Waals surface area contributed by atoms with Gasteiger partial charge in [0.05, 0.1) is 9.79 Å². The number of sulfonamides is 2. The van der Waals surface area contributed by atoms with Gasteiger partial charge in [-0.25, -0.2) is 25.5 Å². The van der Waals surface area contributed by atoms with E-state index in [1.54, 1.807) is 13.0 Å². The van der Waals surface area contributed by atoms with E-state index in [1.165, 1.54) is 42.7 Å². The highest BCUT2D eigenvalue weighted by atomic mass is 32.2. The number of rotatable bonds is 6. The zero-order chi connectivity index (χ0) is 23.7. The Balaban J connectivity index is 1.68. The Labute approximate surface area is 188 Å². The number of amides is 1. The summed E-state index contributed by atoms with van der Waals surface area (Å²) in [7, 11) is -4.54. The van der Waals surface area contributed by atoms with E-state index in [0.717, 1.165) is 16.4 Å². The number of nitrogens with zero attached hydrogens (tertiary/aromatic N) is 2. The van der Waals surface area contributed by atoms with Gasteiger partial charge >= 0.3 is 0 Å². The highest BCUT2D eigenvalue weighted by Crippen LogP contribution is 2.27. The topological polar surface area (TPSA) is 104 Å². The fraction of sp³-hybridized carbons (Fsp3) is 0.381. The first kappa shape index (κ1) is 24.3. The molecule has 0 spiro atoms. The Kier molecular flexibility index (Phi) is 7.03. The van der Waals surface area contributed by atoms with E-state index >= 15 is 0 Å². The summed E-state index contributed by atoms with van der Waals surface area (Å²) in [5.74, 6) is -1.22. The van der Waals surface area contributed by atoms with Gasteiger partial charge in [-0.05, 0) is 61.7 Å². The molecule has 0 bridgehead atoms. The van der Waals surface area contributed by atoms with Gasteiger partial charge in [-0.2, -0.15) is 4.31 Å². The first-order chi connectivity index (χ1) is 14.9. The highest BCUT2D eigenvalue weighted by Gasteiger charge is 2.32. The molecule has 2 aromatic rings. The van der Waals surface area contributed by atoms with Crippen molar-refractivity contribution in [3.63, 3.8) is 0 Å². The van der Waals surface area contributed by atoms with Gasteiger partial charge < -0.3 is 5.32 Å². The average Bonchev–Trinajstić information content (AvgIpc) is 2.75. The van der Waals surface area contributed by atoms with Gasteiger partial charge in [-0.15, -0.1) is 0 Å². The second-order valence-electron chi connectivity index (χ2n) is 7.89. The van der Waals surface area contributed by atoms with Crippen LogP contribution in [0, 0.1) is 18.7 Å². The number of piperidine rings is 1. The van der Waals surface area contributed by atoms with E-state index < -0.39 is 31.8 Å². The van der Waals surface area contributed by atoms with E-state index in [4.69, 9.17) is 0 Å². The van der Waals surface area contributed by atoms with Crippen LogP contribution in [0.15, 0.2) is 52.3 Å². The molecule has 1 saturated heterocycles. The fourth-order valence-corrected chi connectivity index (χ4v) is 5.85. The van der Waals surface area contributed by atoms with E-state index in [0.29, 0.717) is 24.1 Å². The van der Waals surface area contributed by atoms with Gasteiger partial charge in [-0.1, -0.05) is 6.07 Å². The summed E-state index contributed by atoms with van der Waals surface area (Å²) in [5, 5.41) is 2.79. The molecule has 0 saturated carbocycles. The quantitative estimate of drug-likeness (QED) is 0.680. The predicted molar refractivity (Wildman–Crippen MR) is 119 cm³/mol. The smallest absolute Gasteiger partial charge is 0.243 e. The predicted octanol–water partition coefficient (Wildman–Crippen LogP) is 2.42. The van der Waals surface area contributed by atoms with Crippen molar-refractivity contribution in [2.45, 2.75) is 29.6 Å². The van der Waals surface area contributed by atoms with Crippen molar-refractivity contribution in [3.8, 4) is 0 Å². The molecule has 0 unspecified atom stereocenters. The van der Waals surface area contributed by atoms with Crippen LogP contribution in [0.25, 0.3) is 0 Å². The second-order valence-corrected chi connectivity index (χ2v) is 12.0. The Hall–Kier alpha value is -2.34. The zero-order valence-corrected chi connectivity index (χ0v) is 19.7. The first-order valence-electron chi connectivity index (χ1n) is 10.0. The molecule has 32 heavy (non-hydrogen) atoms. The number of hydrogen-bond donors (Lipinski definition) is 1. The number of carbonyl (C=O) groups excluding carboxylic acids is 1. The van der Waals surface area contributed by atoms with Crippen LogP contribution in [0.2, 0.25) is 0 Å². The largest absolute Gasteiger partial charge is 0.326 e. The molecule has 1 fully saturated rings. The molecule has 0 atom stereocenters. The van der Waals surface area contributed by atoms with Gasteiger partial charge in [0.1, 0.15) is 5.82 Å². The maximum Gasteiger partial charge on any atom is 0.243 e. The van der Waals surface area contributed by atoms with Crippen molar-refractivity contribution in [1.82, 2.24) is 8.61 Å². The third-order valence-electron chi connectivity index (χ3n) is 5.52. The van der Waals surface area contributed by atoms with E-state index in [2.05, 4.69) is 5.32 Å². The Morgan fingerprint density at radius 3 is 2.12 bits per heavy atom. The Morgan fingerprint density at radius 2 is 1.56 bits per heavy atom. The summed E-state index contributed by atoms with van der Waals surface area (Å²) >= 11 is 0. The summed E-state index contributed by atoms with van der Waals surface area (Å²) in [6.45, 7) is 2.08. The molecule has 0 aromatic heterocycles. The Bertz CT molecular complexity index is 1200. The van der Waals surface area contributed by atoms with Crippen LogP contribution < -0.4 is 5.32 Å². The lowest BCUT2D eigenvalue weighted by molar-refractivity contribution is -0.120. The minimum atomic E-state index is -3.76. The van der Waals surface area contributed by atoms with Gasteiger partial charge in [0.15, 0.2) is 0 Å². The summed E-state index contributed by atoms with van der Waals surface area (Å²) < 4.78 is 65.7. The van der Waals surface area contributed by atoms with Gasteiger partial charge in [-0.3, -0.25) is 4.79 Å². The number of carbonyl (C=O) groups is 1. The van der Waals surface area contributed by atoms with Crippen LogP contribution in [0.4, 0.5) is 10.1 Å². The number of nitrogens with one attached hydrogen (secondary N) is 1. The number of halogens is 1. The maximum absolute atomic E-state index is 13.1. The molecule has 1 heterocycles. The standard InChI is InChI=1S/C21H26FN3O5S2/c1-15-4-7-19(31(27,28)24(2)3)14-20(15)23-21(26)16-10-12-25(13-11-16)32(29,30)18-8-5-17(22)6-9-18/h4-9,14,16H,10-13H2,1-3H3,(H,23,26). The molecule has 11 heteroatoms. The molecule has 1 N–H and O–H groups in total. The summed E-state index contributed by atoms with van der Waals surface area (Å²) in [5.41, 5.74) is 1.12. The van der Waals surface area contributed by atoms with Crippen molar-refractivity contribution in [3.05, 3.63) is 53.8 Å². The van der Waals surface area contributed by atoms with Crippen molar-refractivity contribution in [2.75, 3.05) is 32.5 Å². The number of aryl methyl sites for hydroxylation is 1. The average molecular weight is 484 g/mol. The first-order valence-corrected chi connectivity index (χ1v) is 12.9. The lowest BCUT2D eigenvalue weighted by atomic mass is 9.97. The molecule has 2 aromatic carbocycles. The van der Waals surface area contributed by atoms with E-state index in [1.807, 2.05) is 0 Å². The molecular formula is C21H26FN3O5S2. The zero-order valence-electron chi connectivity index (χ0n) is 18.1. The number of hydrogen-bond acceptors (Lipinski definition) is 5. The van der Waals surface area contributed by atoms with E-state index in [9.17, 15) is 26.0 Å². The molecule has 0 aliphatic carbocycles. The lowest BCUT2D eigenvalue weighted by Crippen LogP contribution is -2.41. The number of anilines is 1. The molecule has 1 aliphatic heterocycles. The molecule has 0 radical (unpaired) electrons. The van der Waals surface area contributed by atoms with Crippen molar-refractivity contribution in [1.29, 1.82) is 0 Å². The van der Waals surface area contributed by atoms with Crippen LogP contribution in [0.5, 0.6) is 0 Å². The van der Waals surface area contributed by atoms with Gasteiger partial charge in [0.2, 0.25) is 26.0 Å². The Morgan fingerprint density at radius 1 is 1.00 bits per heavy atom. The van der Waals surface area contributed by atoms with Crippen molar-refractivity contribution in [2.24, 2.45) is 5.92 Å². The fourth-order valence-electron chi connectivity index (χ4n) is 3.46. The second kappa shape index (κ2) is 9.26. The monoisotopic (exact) mass is 483 g/mol. The van der Waals surface area contributed by atoms with Crippen molar-refractivity contribution < 1.29 is 26.0 Å². The van der Waals surface area contributed by atoms with Crippen LogP contribution in [0.3, 0.4) is 0 Å². The maximum atomic E-state index is 13.1. The third-order valence-corrected chi connectivity index (χ3v) is 9.25. The molecule has 3 rings (SSSR count). The van der Waals surface area contributed by atoms with Crippen molar-refractivity contribution >= 4 is 31.6 Å². The van der Waals surface area contributed by atoms with Crippen LogP contribution in [0.1, 0.15) is 18.4 Å². The lowest BCUT2D eigenvalue weighted by Gasteiger charge is -2.30. The highest BCUT2D eigenvalue weighted by molar-refractivity contribution is 7.89. The SMILES string of the molecule is Cc1ccc(S(=O)(=O)N(C)C)cc1NC(=O)C1CCN(S(=O)(=O)c2ccc(F)cc2)CC1. The summed E-state index contributed by atoms with van der Waals surface area (Å²) in [6, 6.07) is 9.18. The van der Waals surface area contributed by atoms with Crippen LogP contribution in [-0.2, 0) is 24.8 Å². The van der Waals surface area contributed by atoms with Gasteiger partial charge in [0, 0.05) is 38.8 Å². The molecule has 8 nitrogen and oxygen atoms in total. The third kappa shape index (κ3) is 5.01. The molecule has 174 valence electrons. The normalized spacial score (nSPS) is 16.3. The molecular weight excluding hydrogens is 457 g/mol. The minimum Gasteiger partial charge on any atom is -0.326 e. The summed E-state index contributed by atoms with van der Waals surface area (Å²) in [4.78, 5) is 12.9. The number of benzene rings is 2. The molecule has 1 amide bonds. The van der Waals surface area contributed by atoms with E-state index in [-0.39, 0.29) is 28.8 Å². The molecule has 1 aliphatic rings. The summed E-state index contributed by atoms with van der Waals surface area (Å²) in [6.07, 6.45) is 0.641. The van der Waals surface area contributed by atoms with Gasteiger partial charge in [0.25, 0.3) is 0 Å². The minimum absolute atomic E-state index is 0.0105. The van der Waals surface area contributed by atoms with Crippen LogP contribution in [-0.4, -0.2) is 58.5 Å².